The zero-order chi connectivity index (χ0) is 20.7. The number of hydrogen-bond donors (Lipinski definition) is 1. The Hall–Kier alpha value is -2.72. The lowest BCUT2D eigenvalue weighted by Gasteiger charge is -2.40. The van der Waals surface area contributed by atoms with E-state index in [-0.39, 0.29) is 11.8 Å². The van der Waals surface area contributed by atoms with Gasteiger partial charge in [0.2, 0.25) is 0 Å². The Morgan fingerprint density at radius 3 is 2.11 bits per heavy atom. The van der Waals surface area contributed by atoms with Crippen LogP contribution in [0.4, 0.5) is 0 Å². The minimum Gasteiger partial charge on any atom is -0.456 e. The Bertz CT molecular complexity index is 726. The van der Waals surface area contributed by atoms with Crippen molar-refractivity contribution in [3.63, 3.8) is 0 Å². The van der Waals surface area contributed by atoms with E-state index < -0.39 is 42.4 Å². The fourth-order valence-corrected chi connectivity index (χ4v) is 2.82. The molecule has 0 bridgehead atoms. The van der Waals surface area contributed by atoms with E-state index in [0.29, 0.717) is 5.75 Å². The van der Waals surface area contributed by atoms with Crippen LogP contribution in [0, 0.1) is 0 Å². The van der Waals surface area contributed by atoms with Crippen LogP contribution in [-0.4, -0.2) is 54.2 Å². The molecule has 0 aromatic heterocycles. The SMILES string of the molecule is CC(=O)O[C@@H]1[C@H](OC(C)=O)[C@@H](OC(C)=O)CO[C@H]1NC(=S)Oc1ccccc1. The molecule has 1 fully saturated rings. The molecular formula is C18H21NO8S. The van der Waals surface area contributed by atoms with Gasteiger partial charge in [0.15, 0.2) is 24.5 Å². The molecule has 1 aromatic carbocycles. The van der Waals surface area contributed by atoms with Gasteiger partial charge in [-0.15, -0.1) is 0 Å². The number of benzene rings is 1. The molecule has 152 valence electrons. The Kier molecular flexibility index (Phi) is 7.70. The largest absolute Gasteiger partial charge is 0.456 e. The van der Waals surface area contributed by atoms with Crippen molar-refractivity contribution in [3.8, 4) is 5.75 Å². The summed E-state index contributed by atoms with van der Waals surface area (Å²) in [5, 5.41) is 2.74. The number of esters is 3. The highest BCUT2D eigenvalue weighted by Crippen LogP contribution is 2.23. The lowest BCUT2D eigenvalue weighted by molar-refractivity contribution is -0.228. The second-order valence-corrected chi connectivity index (χ2v) is 6.27. The number of carbonyl (C=O) groups excluding carboxylic acids is 3. The van der Waals surface area contributed by atoms with Crippen LogP contribution in [0.5, 0.6) is 5.75 Å². The summed E-state index contributed by atoms with van der Waals surface area (Å²) in [5.74, 6) is -1.38. The third kappa shape index (κ3) is 6.46. The van der Waals surface area contributed by atoms with E-state index in [1.807, 2.05) is 6.07 Å². The summed E-state index contributed by atoms with van der Waals surface area (Å²) in [5.41, 5.74) is 0. The van der Waals surface area contributed by atoms with Crippen LogP contribution in [0.3, 0.4) is 0 Å². The standard InChI is InChI=1S/C18H21NO8S/c1-10(20)24-14-9-23-17(16(26-12(3)22)15(14)25-11(2)21)19-18(28)27-13-7-5-4-6-8-13/h4-8,14-17H,9H2,1-3H3,(H,19,28)/t14-,15+,16+,17+/m0/s1. The van der Waals surface area contributed by atoms with Crippen molar-refractivity contribution in [2.24, 2.45) is 0 Å². The van der Waals surface area contributed by atoms with Gasteiger partial charge in [-0.1, -0.05) is 18.2 Å². The van der Waals surface area contributed by atoms with E-state index in [9.17, 15) is 14.4 Å². The second-order valence-electron chi connectivity index (χ2n) is 5.90. The monoisotopic (exact) mass is 411 g/mol. The van der Waals surface area contributed by atoms with Crippen LogP contribution >= 0.6 is 12.2 Å². The van der Waals surface area contributed by atoms with E-state index >= 15 is 0 Å². The molecule has 0 saturated carbocycles. The van der Waals surface area contributed by atoms with Gasteiger partial charge in [0.1, 0.15) is 5.75 Å². The van der Waals surface area contributed by atoms with Crippen molar-refractivity contribution >= 4 is 35.3 Å². The molecule has 0 spiro atoms. The summed E-state index contributed by atoms with van der Waals surface area (Å²) in [6, 6.07) is 8.78. The van der Waals surface area contributed by atoms with Gasteiger partial charge < -0.3 is 29.0 Å². The second kappa shape index (κ2) is 10.00. The van der Waals surface area contributed by atoms with Crippen molar-refractivity contribution in [2.75, 3.05) is 6.61 Å². The van der Waals surface area contributed by atoms with Gasteiger partial charge in [-0.05, 0) is 24.4 Å². The van der Waals surface area contributed by atoms with Gasteiger partial charge >= 0.3 is 17.9 Å². The zero-order valence-corrected chi connectivity index (χ0v) is 16.4. The van der Waals surface area contributed by atoms with Crippen molar-refractivity contribution in [2.45, 2.75) is 45.3 Å². The Morgan fingerprint density at radius 2 is 1.54 bits per heavy atom. The van der Waals surface area contributed by atoms with Crippen molar-refractivity contribution in [1.82, 2.24) is 5.32 Å². The lowest BCUT2D eigenvalue weighted by Crippen LogP contribution is -2.62. The minimum atomic E-state index is -1.13. The molecule has 0 amide bonds. The molecule has 0 aliphatic carbocycles. The van der Waals surface area contributed by atoms with E-state index in [1.165, 1.54) is 20.8 Å². The quantitative estimate of drug-likeness (QED) is 0.429. The van der Waals surface area contributed by atoms with Crippen molar-refractivity contribution in [3.05, 3.63) is 30.3 Å². The third-order valence-corrected chi connectivity index (χ3v) is 3.77. The first kappa shape index (κ1) is 21.6. The average molecular weight is 411 g/mol. The lowest BCUT2D eigenvalue weighted by atomic mass is 10.0. The molecule has 28 heavy (non-hydrogen) atoms. The maximum absolute atomic E-state index is 11.6. The van der Waals surface area contributed by atoms with Gasteiger partial charge in [0, 0.05) is 20.8 Å². The number of hydrogen-bond acceptors (Lipinski definition) is 9. The number of thiocarbonyl (C=S) groups is 1. The van der Waals surface area contributed by atoms with E-state index in [1.54, 1.807) is 24.3 Å². The molecule has 10 heteroatoms. The summed E-state index contributed by atoms with van der Waals surface area (Å²) < 4.78 is 26.7. The number of para-hydroxylation sites is 1. The Labute approximate surface area is 167 Å². The van der Waals surface area contributed by atoms with E-state index in [2.05, 4.69) is 5.32 Å². The highest BCUT2D eigenvalue weighted by molar-refractivity contribution is 7.80. The average Bonchev–Trinajstić information content (AvgIpc) is 2.59. The maximum atomic E-state index is 11.6. The van der Waals surface area contributed by atoms with Crippen LogP contribution in [0.15, 0.2) is 30.3 Å². The van der Waals surface area contributed by atoms with E-state index in [4.69, 9.17) is 35.9 Å². The van der Waals surface area contributed by atoms with Gasteiger partial charge in [-0.3, -0.25) is 14.4 Å². The highest BCUT2D eigenvalue weighted by atomic mass is 32.1. The molecule has 9 nitrogen and oxygen atoms in total. The first-order valence-electron chi connectivity index (χ1n) is 8.43. The van der Waals surface area contributed by atoms with Gasteiger partial charge in [-0.25, -0.2) is 0 Å². The maximum Gasteiger partial charge on any atom is 0.303 e. The zero-order valence-electron chi connectivity index (χ0n) is 15.6. The molecule has 1 saturated heterocycles. The molecule has 1 aliphatic heterocycles. The first-order chi connectivity index (χ1) is 13.3. The summed E-state index contributed by atoms with van der Waals surface area (Å²) in [4.78, 5) is 34.5. The topological polar surface area (TPSA) is 109 Å². The number of carbonyl (C=O) groups is 3. The van der Waals surface area contributed by atoms with Crippen LogP contribution in [0.25, 0.3) is 0 Å². The van der Waals surface area contributed by atoms with Crippen LogP contribution in [-0.2, 0) is 33.3 Å². The molecule has 0 unspecified atom stereocenters. The number of nitrogens with one attached hydrogen (secondary N) is 1. The summed E-state index contributed by atoms with van der Waals surface area (Å²) in [6.07, 6.45) is -4.16. The summed E-state index contributed by atoms with van der Waals surface area (Å²) >= 11 is 5.16. The molecule has 1 aromatic rings. The van der Waals surface area contributed by atoms with Crippen LogP contribution < -0.4 is 10.1 Å². The smallest absolute Gasteiger partial charge is 0.303 e. The predicted molar refractivity (Wildman–Crippen MR) is 99.2 cm³/mol. The molecule has 1 heterocycles. The Morgan fingerprint density at radius 1 is 0.964 bits per heavy atom. The third-order valence-electron chi connectivity index (χ3n) is 3.56. The molecule has 1 aliphatic rings. The number of rotatable bonds is 5. The summed E-state index contributed by atoms with van der Waals surface area (Å²) in [7, 11) is 0. The van der Waals surface area contributed by atoms with Crippen molar-refractivity contribution < 1.29 is 38.1 Å². The molecule has 4 atom stereocenters. The van der Waals surface area contributed by atoms with Gasteiger partial charge in [0.25, 0.3) is 5.17 Å². The van der Waals surface area contributed by atoms with E-state index in [0.717, 1.165) is 0 Å². The summed E-state index contributed by atoms with van der Waals surface area (Å²) in [6.45, 7) is 3.48. The molecule has 0 radical (unpaired) electrons. The molecule has 2 rings (SSSR count). The first-order valence-corrected chi connectivity index (χ1v) is 8.83. The van der Waals surface area contributed by atoms with Crippen molar-refractivity contribution in [1.29, 1.82) is 0 Å². The molecule has 1 N–H and O–H groups in total. The number of ether oxygens (including phenoxy) is 5. The van der Waals surface area contributed by atoms with Gasteiger partial charge in [-0.2, -0.15) is 0 Å². The van der Waals surface area contributed by atoms with Crippen LogP contribution in [0.2, 0.25) is 0 Å². The van der Waals surface area contributed by atoms with Crippen LogP contribution in [0.1, 0.15) is 20.8 Å². The van der Waals surface area contributed by atoms with Gasteiger partial charge in [0.05, 0.1) is 6.61 Å². The highest BCUT2D eigenvalue weighted by Gasteiger charge is 2.47. The fourth-order valence-electron chi connectivity index (χ4n) is 2.61. The Balaban J connectivity index is 2.16. The predicted octanol–water partition coefficient (Wildman–Crippen LogP) is 1.09. The normalized spacial score (nSPS) is 23.8. The minimum absolute atomic E-state index is 0.0409. The molecular weight excluding hydrogens is 390 g/mol. The fraction of sp³-hybridized carbons (Fsp3) is 0.444.